The molecule has 1 aliphatic rings. The van der Waals surface area contributed by atoms with E-state index in [0.717, 1.165) is 37.2 Å². The largest absolute Gasteiger partial charge is 0.367 e. The zero-order chi connectivity index (χ0) is 17.6. The van der Waals surface area contributed by atoms with Crippen LogP contribution in [0.3, 0.4) is 0 Å². The Labute approximate surface area is 152 Å². The van der Waals surface area contributed by atoms with Crippen molar-refractivity contribution in [3.63, 3.8) is 0 Å². The van der Waals surface area contributed by atoms with Gasteiger partial charge in [-0.15, -0.1) is 0 Å². The number of carbonyl (C=O) groups excluding carboxylic acids is 1. The molecule has 0 saturated heterocycles. The van der Waals surface area contributed by atoms with Gasteiger partial charge in [0.15, 0.2) is 0 Å². The first-order valence-electron chi connectivity index (χ1n) is 8.47. The summed E-state index contributed by atoms with van der Waals surface area (Å²) in [6.07, 6.45) is 5.52. The molecule has 6 nitrogen and oxygen atoms in total. The molecule has 0 atom stereocenters. The van der Waals surface area contributed by atoms with Crippen molar-refractivity contribution in [3.8, 4) is 0 Å². The van der Waals surface area contributed by atoms with Crippen LogP contribution in [0, 0.1) is 0 Å². The minimum absolute atomic E-state index is 0.0453. The standard InChI is InChI=1S/C18H22ClN5O/c1-12(25)22-14-5-7-15(8-6-14)23-17-10-18(21-11-20-17)24-16-4-2-3-13(19)9-16/h2-4,9-11,14-15H,5-8H2,1H3,(H,22,25)(H2,20,21,23,24)/t14-,15-. The van der Waals surface area contributed by atoms with Crippen molar-refractivity contribution in [1.29, 1.82) is 0 Å². The molecule has 3 N–H and O–H groups in total. The second-order valence-corrected chi connectivity index (χ2v) is 6.75. The van der Waals surface area contributed by atoms with E-state index in [1.54, 1.807) is 6.92 Å². The van der Waals surface area contributed by atoms with Crippen LogP contribution in [0.4, 0.5) is 17.3 Å². The van der Waals surface area contributed by atoms with Crippen LogP contribution in [-0.4, -0.2) is 28.0 Å². The highest BCUT2D eigenvalue weighted by molar-refractivity contribution is 6.30. The van der Waals surface area contributed by atoms with Gasteiger partial charge in [0.1, 0.15) is 18.0 Å². The van der Waals surface area contributed by atoms with Gasteiger partial charge >= 0.3 is 0 Å². The quantitative estimate of drug-likeness (QED) is 0.758. The van der Waals surface area contributed by atoms with Gasteiger partial charge in [-0.25, -0.2) is 9.97 Å². The van der Waals surface area contributed by atoms with Crippen molar-refractivity contribution >= 4 is 34.8 Å². The Hall–Kier alpha value is -2.34. The van der Waals surface area contributed by atoms with Crippen LogP contribution < -0.4 is 16.0 Å². The van der Waals surface area contributed by atoms with E-state index in [1.807, 2.05) is 30.3 Å². The Morgan fingerprint density at radius 3 is 2.52 bits per heavy atom. The number of rotatable bonds is 5. The number of hydrogen-bond donors (Lipinski definition) is 3. The lowest BCUT2D eigenvalue weighted by atomic mass is 9.91. The van der Waals surface area contributed by atoms with Crippen LogP contribution in [0.5, 0.6) is 0 Å². The molecule has 0 unspecified atom stereocenters. The highest BCUT2D eigenvalue weighted by atomic mass is 35.5. The van der Waals surface area contributed by atoms with E-state index in [-0.39, 0.29) is 5.91 Å². The van der Waals surface area contributed by atoms with Crippen LogP contribution in [0.2, 0.25) is 5.02 Å². The average molecular weight is 360 g/mol. The molecule has 1 amide bonds. The van der Waals surface area contributed by atoms with Gasteiger partial charge in [-0.05, 0) is 43.9 Å². The minimum Gasteiger partial charge on any atom is -0.367 e. The first kappa shape index (κ1) is 17.5. The Balaban J connectivity index is 1.56. The Kier molecular flexibility index (Phi) is 5.71. The Morgan fingerprint density at radius 1 is 1.08 bits per heavy atom. The van der Waals surface area contributed by atoms with Gasteiger partial charge in [0.25, 0.3) is 0 Å². The van der Waals surface area contributed by atoms with Gasteiger partial charge in [-0.1, -0.05) is 17.7 Å². The van der Waals surface area contributed by atoms with E-state index in [4.69, 9.17) is 11.6 Å². The Morgan fingerprint density at radius 2 is 1.80 bits per heavy atom. The lowest BCUT2D eigenvalue weighted by Crippen LogP contribution is -2.39. The molecule has 1 fully saturated rings. The maximum atomic E-state index is 11.1. The third-order valence-corrected chi connectivity index (χ3v) is 4.49. The van der Waals surface area contributed by atoms with E-state index >= 15 is 0 Å². The summed E-state index contributed by atoms with van der Waals surface area (Å²) in [5.74, 6) is 1.55. The summed E-state index contributed by atoms with van der Waals surface area (Å²) in [5, 5.41) is 10.4. The highest BCUT2D eigenvalue weighted by Gasteiger charge is 2.21. The first-order chi connectivity index (χ1) is 12.1. The predicted molar refractivity (Wildman–Crippen MR) is 100 cm³/mol. The predicted octanol–water partition coefficient (Wildman–Crippen LogP) is 3.73. The van der Waals surface area contributed by atoms with Gasteiger partial charge in [0.2, 0.25) is 5.91 Å². The van der Waals surface area contributed by atoms with Crippen LogP contribution in [0.25, 0.3) is 0 Å². The number of hydrogen-bond acceptors (Lipinski definition) is 5. The van der Waals surface area contributed by atoms with Gasteiger partial charge in [-0.2, -0.15) is 0 Å². The molecule has 1 aromatic heterocycles. The van der Waals surface area contributed by atoms with Gasteiger partial charge < -0.3 is 16.0 Å². The summed E-state index contributed by atoms with van der Waals surface area (Å²) in [4.78, 5) is 19.7. The molecule has 2 aromatic rings. The Bertz CT molecular complexity index is 731. The summed E-state index contributed by atoms with van der Waals surface area (Å²) in [7, 11) is 0. The number of amides is 1. The molecule has 1 heterocycles. The monoisotopic (exact) mass is 359 g/mol. The van der Waals surface area contributed by atoms with Crippen molar-refractivity contribution in [2.24, 2.45) is 0 Å². The molecule has 1 aliphatic carbocycles. The summed E-state index contributed by atoms with van der Waals surface area (Å²) in [5.41, 5.74) is 0.882. The van der Waals surface area contributed by atoms with Gasteiger partial charge in [0, 0.05) is 35.8 Å². The molecule has 25 heavy (non-hydrogen) atoms. The zero-order valence-corrected chi connectivity index (χ0v) is 14.9. The fourth-order valence-electron chi connectivity index (χ4n) is 3.10. The molecule has 3 rings (SSSR count). The van der Waals surface area contributed by atoms with Crippen molar-refractivity contribution in [2.45, 2.75) is 44.7 Å². The zero-order valence-electron chi connectivity index (χ0n) is 14.1. The molecule has 7 heteroatoms. The molecular formula is C18H22ClN5O. The average Bonchev–Trinajstić information content (AvgIpc) is 2.57. The molecule has 1 saturated carbocycles. The maximum absolute atomic E-state index is 11.1. The number of nitrogens with one attached hydrogen (secondary N) is 3. The lowest BCUT2D eigenvalue weighted by Gasteiger charge is -2.29. The van der Waals surface area contributed by atoms with E-state index in [9.17, 15) is 4.79 Å². The molecule has 0 spiro atoms. The summed E-state index contributed by atoms with van der Waals surface area (Å²) >= 11 is 6.00. The fourth-order valence-corrected chi connectivity index (χ4v) is 3.29. The van der Waals surface area contributed by atoms with Gasteiger partial charge in [0.05, 0.1) is 0 Å². The summed E-state index contributed by atoms with van der Waals surface area (Å²) in [6, 6.07) is 10.0. The molecule has 132 valence electrons. The van der Waals surface area contributed by atoms with E-state index < -0.39 is 0 Å². The second kappa shape index (κ2) is 8.16. The molecule has 0 radical (unpaired) electrons. The number of nitrogens with zero attached hydrogens (tertiary/aromatic N) is 2. The van der Waals surface area contributed by atoms with Crippen molar-refractivity contribution in [3.05, 3.63) is 41.7 Å². The van der Waals surface area contributed by atoms with E-state index in [2.05, 4.69) is 25.9 Å². The maximum Gasteiger partial charge on any atom is 0.217 e. The van der Waals surface area contributed by atoms with E-state index in [1.165, 1.54) is 6.33 Å². The second-order valence-electron chi connectivity index (χ2n) is 6.32. The number of halogens is 1. The number of anilines is 3. The first-order valence-corrected chi connectivity index (χ1v) is 8.84. The smallest absolute Gasteiger partial charge is 0.217 e. The van der Waals surface area contributed by atoms with Crippen LogP contribution >= 0.6 is 11.6 Å². The van der Waals surface area contributed by atoms with Crippen molar-refractivity contribution in [1.82, 2.24) is 15.3 Å². The van der Waals surface area contributed by atoms with Crippen LogP contribution in [0.1, 0.15) is 32.6 Å². The van der Waals surface area contributed by atoms with Crippen LogP contribution in [0.15, 0.2) is 36.7 Å². The van der Waals surface area contributed by atoms with Crippen molar-refractivity contribution < 1.29 is 4.79 Å². The SMILES string of the molecule is CC(=O)N[C@H]1CC[C@H](Nc2cc(Nc3cccc(Cl)c3)ncn2)CC1. The molecular weight excluding hydrogens is 338 g/mol. The number of carbonyl (C=O) groups is 1. The fraction of sp³-hybridized carbons (Fsp3) is 0.389. The number of aromatic nitrogens is 2. The third-order valence-electron chi connectivity index (χ3n) is 4.25. The summed E-state index contributed by atoms with van der Waals surface area (Å²) in [6.45, 7) is 1.57. The lowest BCUT2D eigenvalue weighted by molar-refractivity contribution is -0.119. The minimum atomic E-state index is 0.0453. The third kappa shape index (κ3) is 5.32. The normalized spacial score (nSPS) is 19.9. The summed E-state index contributed by atoms with van der Waals surface area (Å²) < 4.78 is 0. The van der Waals surface area contributed by atoms with Crippen molar-refractivity contribution in [2.75, 3.05) is 10.6 Å². The molecule has 1 aromatic carbocycles. The van der Waals surface area contributed by atoms with E-state index in [0.29, 0.717) is 22.9 Å². The molecule has 0 bridgehead atoms. The molecule has 0 aliphatic heterocycles. The highest BCUT2D eigenvalue weighted by Crippen LogP contribution is 2.23. The van der Waals surface area contributed by atoms with Gasteiger partial charge in [-0.3, -0.25) is 4.79 Å². The van der Waals surface area contributed by atoms with Crippen LogP contribution in [-0.2, 0) is 4.79 Å². The number of benzene rings is 1. The topological polar surface area (TPSA) is 78.9 Å².